The van der Waals surface area contributed by atoms with Crippen molar-refractivity contribution in [3.05, 3.63) is 69.8 Å². The van der Waals surface area contributed by atoms with Gasteiger partial charge in [-0.2, -0.15) is 0 Å². The number of benzene rings is 2. The van der Waals surface area contributed by atoms with E-state index in [9.17, 15) is 10.1 Å². The van der Waals surface area contributed by atoms with Crippen molar-refractivity contribution in [2.24, 2.45) is 0 Å². The van der Waals surface area contributed by atoms with E-state index in [4.69, 9.17) is 16.0 Å². The first-order valence-corrected chi connectivity index (χ1v) is 9.80. The van der Waals surface area contributed by atoms with Crippen molar-refractivity contribution in [2.75, 3.05) is 18.0 Å². The average molecular weight is 409 g/mol. The fourth-order valence-electron chi connectivity index (χ4n) is 4.05. The molecule has 0 radical (unpaired) electrons. The second kappa shape index (κ2) is 7.00. The normalized spacial score (nSPS) is 15.3. The third kappa shape index (κ3) is 3.17. The summed E-state index contributed by atoms with van der Waals surface area (Å²) < 4.78 is 5.94. The summed E-state index contributed by atoms with van der Waals surface area (Å²) in [4.78, 5) is 21.9. The molecule has 0 bridgehead atoms. The molecule has 29 heavy (non-hydrogen) atoms. The van der Waals surface area contributed by atoms with Gasteiger partial charge < -0.3 is 9.32 Å². The van der Waals surface area contributed by atoms with Gasteiger partial charge >= 0.3 is 0 Å². The van der Waals surface area contributed by atoms with Gasteiger partial charge in [0.15, 0.2) is 11.5 Å². The van der Waals surface area contributed by atoms with Gasteiger partial charge in [0.25, 0.3) is 5.69 Å². The molecule has 0 amide bonds. The van der Waals surface area contributed by atoms with Crippen molar-refractivity contribution < 1.29 is 9.34 Å². The lowest BCUT2D eigenvalue weighted by Gasteiger charge is -2.33. The molecular weight excluding hydrogens is 392 g/mol. The van der Waals surface area contributed by atoms with Crippen LogP contribution in [0.5, 0.6) is 0 Å². The van der Waals surface area contributed by atoms with E-state index in [1.165, 1.54) is 0 Å². The molecule has 0 spiro atoms. The lowest BCUT2D eigenvalue weighted by Crippen LogP contribution is -2.33. The molecule has 8 heteroatoms. The van der Waals surface area contributed by atoms with E-state index in [1.54, 1.807) is 24.5 Å². The van der Waals surface area contributed by atoms with Gasteiger partial charge in [-0.3, -0.25) is 15.1 Å². The zero-order valence-electron chi connectivity index (χ0n) is 15.4. The number of hydrogen-bond donors (Lipinski definition) is 0. The molecule has 1 aliphatic rings. The number of nitro benzene ring substituents is 1. The molecule has 1 saturated heterocycles. The van der Waals surface area contributed by atoms with Crippen LogP contribution >= 0.6 is 11.6 Å². The number of fused-ring (bicyclic) bond motifs is 2. The number of nitro groups is 1. The van der Waals surface area contributed by atoms with Gasteiger partial charge in [0.2, 0.25) is 0 Å². The largest absolute Gasteiger partial charge is 0.440 e. The van der Waals surface area contributed by atoms with Crippen molar-refractivity contribution in [1.82, 2.24) is 9.97 Å². The first-order chi connectivity index (χ1) is 14.1. The van der Waals surface area contributed by atoms with Crippen LogP contribution in [0.4, 0.5) is 11.4 Å². The highest BCUT2D eigenvalue weighted by Gasteiger charge is 2.26. The zero-order chi connectivity index (χ0) is 20.0. The number of hydrogen-bond acceptors (Lipinski definition) is 6. The number of anilines is 1. The Labute approximate surface area is 171 Å². The Morgan fingerprint density at radius 3 is 2.76 bits per heavy atom. The van der Waals surface area contributed by atoms with Gasteiger partial charge in [-0.15, -0.1) is 0 Å². The van der Waals surface area contributed by atoms with Crippen LogP contribution in [0.3, 0.4) is 0 Å². The molecule has 7 nitrogen and oxygen atoms in total. The van der Waals surface area contributed by atoms with E-state index in [-0.39, 0.29) is 16.5 Å². The van der Waals surface area contributed by atoms with Crippen LogP contribution in [0, 0.1) is 10.1 Å². The number of rotatable bonds is 3. The maximum atomic E-state index is 11.3. The number of pyridine rings is 1. The Balaban J connectivity index is 1.40. The fourth-order valence-corrected chi connectivity index (χ4v) is 4.22. The predicted molar refractivity (Wildman–Crippen MR) is 112 cm³/mol. The third-order valence-electron chi connectivity index (χ3n) is 5.52. The smallest absolute Gasteiger partial charge is 0.278 e. The predicted octanol–water partition coefficient (Wildman–Crippen LogP) is 5.32. The van der Waals surface area contributed by atoms with Crippen LogP contribution in [-0.2, 0) is 0 Å². The SMILES string of the molecule is O=[N+]([O-])c1ccc(N2CCC(c3nc4cc(Cl)ccc4o3)CC2)c2ccncc12. The summed E-state index contributed by atoms with van der Waals surface area (Å²) in [6, 6.07) is 10.7. The van der Waals surface area contributed by atoms with Crippen molar-refractivity contribution in [2.45, 2.75) is 18.8 Å². The molecule has 1 fully saturated rings. The maximum absolute atomic E-state index is 11.3. The fraction of sp³-hybridized carbons (Fsp3) is 0.238. The summed E-state index contributed by atoms with van der Waals surface area (Å²) in [6.07, 6.45) is 5.02. The van der Waals surface area contributed by atoms with Crippen molar-refractivity contribution in [3.63, 3.8) is 0 Å². The minimum Gasteiger partial charge on any atom is -0.440 e. The topological polar surface area (TPSA) is 85.3 Å². The average Bonchev–Trinajstić information content (AvgIpc) is 3.16. The van der Waals surface area contributed by atoms with Crippen molar-refractivity contribution in [1.29, 1.82) is 0 Å². The second-order valence-electron chi connectivity index (χ2n) is 7.21. The Bertz CT molecular complexity index is 1230. The van der Waals surface area contributed by atoms with E-state index >= 15 is 0 Å². The zero-order valence-corrected chi connectivity index (χ0v) is 16.2. The maximum Gasteiger partial charge on any atom is 0.278 e. The van der Waals surface area contributed by atoms with E-state index < -0.39 is 0 Å². The van der Waals surface area contributed by atoms with Gasteiger partial charge in [-0.25, -0.2) is 4.98 Å². The monoisotopic (exact) mass is 408 g/mol. The summed E-state index contributed by atoms with van der Waals surface area (Å²) in [6.45, 7) is 1.64. The molecule has 4 aromatic rings. The highest BCUT2D eigenvalue weighted by Crippen LogP contribution is 2.37. The van der Waals surface area contributed by atoms with Crippen LogP contribution in [0.25, 0.3) is 21.9 Å². The third-order valence-corrected chi connectivity index (χ3v) is 5.75. The molecule has 0 saturated carbocycles. The number of halogens is 1. The standard InChI is InChI=1S/C21H17ClN4O3/c22-14-1-4-20-17(11-14)24-21(29-20)13-6-9-25(10-7-13)18-2-3-19(26(27)28)16-12-23-8-5-15(16)18/h1-5,8,11-13H,6-7,9-10H2. The van der Waals surface area contributed by atoms with Crippen LogP contribution in [0.15, 0.2) is 53.2 Å². The van der Waals surface area contributed by atoms with Gasteiger partial charge in [0.1, 0.15) is 5.52 Å². The van der Waals surface area contributed by atoms with Crippen LogP contribution in [0.1, 0.15) is 24.7 Å². The Morgan fingerprint density at radius 1 is 1.14 bits per heavy atom. The van der Waals surface area contributed by atoms with Crippen LogP contribution < -0.4 is 4.90 Å². The Kier molecular flexibility index (Phi) is 4.32. The lowest BCUT2D eigenvalue weighted by molar-refractivity contribution is -0.383. The second-order valence-corrected chi connectivity index (χ2v) is 7.64. The summed E-state index contributed by atoms with van der Waals surface area (Å²) in [5.74, 6) is 0.989. The molecule has 0 aliphatic carbocycles. The number of oxazole rings is 1. The molecule has 2 aromatic carbocycles. The molecule has 1 aliphatic heterocycles. The Morgan fingerprint density at radius 2 is 1.97 bits per heavy atom. The van der Waals surface area contributed by atoms with Gasteiger partial charge in [0, 0.05) is 53.6 Å². The van der Waals surface area contributed by atoms with E-state index in [0.717, 1.165) is 54.0 Å². The Hall–Kier alpha value is -3.19. The molecule has 0 N–H and O–H groups in total. The van der Waals surface area contributed by atoms with Gasteiger partial charge in [-0.05, 0) is 43.2 Å². The molecule has 3 heterocycles. The number of nitrogens with zero attached hydrogens (tertiary/aromatic N) is 4. The molecule has 146 valence electrons. The van der Waals surface area contributed by atoms with Gasteiger partial charge in [0.05, 0.1) is 10.3 Å². The molecular formula is C21H17ClN4O3. The molecule has 0 atom stereocenters. The lowest BCUT2D eigenvalue weighted by atomic mass is 9.95. The van der Waals surface area contributed by atoms with E-state index in [1.807, 2.05) is 24.3 Å². The summed E-state index contributed by atoms with van der Waals surface area (Å²) in [7, 11) is 0. The summed E-state index contributed by atoms with van der Waals surface area (Å²) >= 11 is 6.04. The number of aromatic nitrogens is 2. The minimum absolute atomic E-state index is 0.0804. The highest BCUT2D eigenvalue weighted by atomic mass is 35.5. The van der Waals surface area contributed by atoms with Crippen LogP contribution in [0.2, 0.25) is 5.02 Å². The number of non-ortho nitro benzene ring substituents is 1. The van der Waals surface area contributed by atoms with Crippen molar-refractivity contribution in [3.8, 4) is 0 Å². The quantitative estimate of drug-likeness (QED) is 0.337. The molecule has 2 aromatic heterocycles. The number of piperidine rings is 1. The molecule has 5 rings (SSSR count). The van der Waals surface area contributed by atoms with E-state index in [2.05, 4.69) is 14.9 Å². The first kappa shape index (κ1) is 17.9. The van der Waals surface area contributed by atoms with E-state index in [0.29, 0.717) is 10.4 Å². The van der Waals surface area contributed by atoms with Crippen LogP contribution in [-0.4, -0.2) is 28.0 Å². The van der Waals surface area contributed by atoms with Gasteiger partial charge in [-0.1, -0.05) is 11.6 Å². The first-order valence-electron chi connectivity index (χ1n) is 9.42. The summed E-state index contributed by atoms with van der Waals surface area (Å²) in [5.41, 5.74) is 2.61. The highest BCUT2D eigenvalue weighted by molar-refractivity contribution is 6.31. The van der Waals surface area contributed by atoms with Crippen molar-refractivity contribution >= 4 is 44.8 Å². The molecule has 0 unspecified atom stereocenters. The summed E-state index contributed by atoms with van der Waals surface area (Å²) in [5, 5.41) is 13.4. The minimum atomic E-state index is -0.362.